The smallest absolute Gasteiger partial charge is 0.239 e. The summed E-state index contributed by atoms with van der Waals surface area (Å²) < 4.78 is 3.20. The largest absolute Gasteiger partial charge is 0.306 e. The number of fused-ring (bicyclic) bond motifs is 1. The van der Waals surface area contributed by atoms with E-state index < -0.39 is 0 Å². The summed E-state index contributed by atoms with van der Waals surface area (Å²) in [5, 5.41) is 12.7. The number of nitrogens with zero attached hydrogens (tertiary/aromatic N) is 4. The number of carbonyl (C=O) groups is 1. The fraction of sp³-hybridized carbons (Fsp3) is 0.412. The van der Waals surface area contributed by atoms with Gasteiger partial charge in [0.1, 0.15) is 5.82 Å². The van der Waals surface area contributed by atoms with E-state index in [0.717, 1.165) is 27.7 Å². The minimum atomic E-state index is -0.270. The molecule has 1 atom stereocenters. The van der Waals surface area contributed by atoms with Crippen LogP contribution in [0.1, 0.15) is 38.4 Å². The highest BCUT2D eigenvalue weighted by Gasteiger charge is 2.30. The summed E-state index contributed by atoms with van der Waals surface area (Å²) in [5.41, 5.74) is 0.905. The van der Waals surface area contributed by atoms with Gasteiger partial charge in [0.15, 0.2) is 10.3 Å². The molecule has 0 aliphatic heterocycles. The van der Waals surface area contributed by atoms with Crippen LogP contribution in [0.3, 0.4) is 0 Å². The predicted molar refractivity (Wildman–Crippen MR) is 101 cm³/mol. The molecule has 4 rings (SSSR count). The van der Waals surface area contributed by atoms with Gasteiger partial charge in [-0.25, -0.2) is 4.98 Å². The summed E-state index contributed by atoms with van der Waals surface area (Å²) >= 11 is 2.94. The molecule has 1 amide bonds. The zero-order chi connectivity index (χ0) is 17.4. The van der Waals surface area contributed by atoms with Gasteiger partial charge in [0.25, 0.3) is 0 Å². The molecule has 1 aromatic carbocycles. The van der Waals surface area contributed by atoms with Crippen LogP contribution >= 0.6 is 23.1 Å². The number of hydrogen-bond acceptors (Lipinski definition) is 6. The van der Waals surface area contributed by atoms with Crippen molar-refractivity contribution < 1.29 is 4.79 Å². The van der Waals surface area contributed by atoms with Gasteiger partial charge < -0.3 is 9.88 Å². The molecule has 2 heterocycles. The van der Waals surface area contributed by atoms with Crippen molar-refractivity contribution in [3.8, 4) is 0 Å². The van der Waals surface area contributed by atoms with Crippen molar-refractivity contribution in [2.45, 2.75) is 49.6 Å². The standard InChI is InChI=1S/C17H19N5OS2/c1-3-22-14(11-8-9-11)20-21-17(22)24-10(2)15(23)19-16-18-12-6-4-5-7-13(12)25-16/h4-7,10-11H,3,8-9H2,1-2H3,(H,18,19,23). The molecule has 1 N–H and O–H groups in total. The molecule has 3 aromatic rings. The van der Waals surface area contributed by atoms with Crippen LogP contribution in [-0.2, 0) is 11.3 Å². The van der Waals surface area contributed by atoms with Crippen LogP contribution in [0.25, 0.3) is 10.2 Å². The highest BCUT2D eigenvalue weighted by atomic mass is 32.2. The van der Waals surface area contributed by atoms with Crippen molar-refractivity contribution in [2.75, 3.05) is 5.32 Å². The van der Waals surface area contributed by atoms with Gasteiger partial charge in [-0.05, 0) is 38.8 Å². The van der Waals surface area contributed by atoms with E-state index >= 15 is 0 Å². The molecule has 2 aromatic heterocycles. The Hall–Kier alpha value is -1.93. The first-order chi connectivity index (χ1) is 12.2. The van der Waals surface area contributed by atoms with Crippen molar-refractivity contribution in [3.05, 3.63) is 30.1 Å². The van der Waals surface area contributed by atoms with E-state index in [9.17, 15) is 4.79 Å². The average Bonchev–Trinajstić information content (AvgIpc) is 3.24. The van der Waals surface area contributed by atoms with E-state index in [0.29, 0.717) is 11.0 Å². The van der Waals surface area contributed by atoms with E-state index in [4.69, 9.17) is 0 Å². The van der Waals surface area contributed by atoms with E-state index in [2.05, 4.69) is 32.0 Å². The lowest BCUT2D eigenvalue weighted by atomic mass is 10.3. The third-order valence-corrected chi connectivity index (χ3v) is 6.21. The molecule has 25 heavy (non-hydrogen) atoms. The van der Waals surface area contributed by atoms with Crippen LogP contribution in [0.5, 0.6) is 0 Å². The zero-order valence-corrected chi connectivity index (χ0v) is 15.7. The minimum Gasteiger partial charge on any atom is -0.306 e. The molecular weight excluding hydrogens is 354 g/mol. The van der Waals surface area contributed by atoms with Crippen molar-refractivity contribution >= 4 is 44.4 Å². The number of anilines is 1. The topological polar surface area (TPSA) is 72.7 Å². The second kappa shape index (κ2) is 6.76. The maximum absolute atomic E-state index is 12.5. The lowest BCUT2D eigenvalue weighted by molar-refractivity contribution is -0.115. The molecule has 6 nitrogen and oxygen atoms in total. The Morgan fingerprint density at radius 2 is 2.20 bits per heavy atom. The first-order valence-electron chi connectivity index (χ1n) is 8.42. The molecule has 1 saturated carbocycles. The van der Waals surface area contributed by atoms with Crippen molar-refractivity contribution in [3.63, 3.8) is 0 Å². The molecule has 0 spiro atoms. The van der Waals surface area contributed by atoms with Crippen LogP contribution in [0.15, 0.2) is 29.4 Å². The summed E-state index contributed by atoms with van der Waals surface area (Å²) in [4.78, 5) is 17.0. The molecule has 1 aliphatic rings. The molecule has 1 unspecified atom stereocenters. The van der Waals surface area contributed by atoms with Gasteiger partial charge in [0.2, 0.25) is 5.91 Å². The van der Waals surface area contributed by atoms with Gasteiger partial charge in [-0.1, -0.05) is 35.2 Å². The molecule has 0 saturated heterocycles. The summed E-state index contributed by atoms with van der Waals surface area (Å²) in [6.45, 7) is 4.80. The first kappa shape index (κ1) is 16.5. The Morgan fingerprint density at radius 1 is 1.40 bits per heavy atom. The summed E-state index contributed by atoms with van der Waals surface area (Å²) in [5.74, 6) is 1.54. The third kappa shape index (κ3) is 3.41. The maximum Gasteiger partial charge on any atom is 0.239 e. The van der Waals surface area contributed by atoms with Crippen LogP contribution in [-0.4, -0.2) is 30.9 Å². The third-order valence-electron chi connectivity index (χ3n) is 4.18. The zero-order valence-electron chi connectivity index (χ0n) is 14.1. The number of hydrogen-bond donors (Lipinski definition) is 1. The summed E-state index contributed by atoms with van der Waals surface area (Å²) in [7, 11) is 0. The molecule has 1 fully saturated rings. The molecule has 130 valence electrons. The fourth-order valence-electron chi connectivity index (χ4n) is 2.67. The lowest BCUT2D eigenvalue weighted by Gasteiger charge is -2.11. The number of carbonyl (C=O) groups excluding carboxylic acids is 1. The monoisotopic (exact) mass is 373 g/mol. The van der Waals surface area contributed by atoms with Gasteiger partial charge in [-0.15, -0.1) is 10.2 Å². The van der Waals surface area contributed by atoms with Gasteiger partial charge in [-0.2, -0.15) is 0 Å². The van der Waals surface area contributed by atoms with Crippen LogP contribution in [0, 0.1) is 0 Å². The highest BCUT2D eigenvalue weighted by Crippen LogP contribution is 2.40. The lowest BCUT2D eigenvalue weighted by Crippen LogP contribution is -2.22. The van der Waals surface area contributed by atoms with Gasteiger partial charge in [0.05, 0.1) is 15.5 Å². The van der Waals surface area contributed by atoms with E-state index in [1.54, 1.807) is 0 Å². The Labute approximate surface area is 154 Å². The van der Waals surface area contributed by atoms with Crippen LogP contribution in [0.2, 0.25) is 0 Å². The maximum atomic E-state index is 12.5. The number of thiazole rings is 1. The van der Waals surface area contributed by atoms with Crippen LogP contribution < -0.4 is 5.32 Å². The van der Waals surface area contributed by atoms with E-state index in [1.165, 1.54) is 35.9 Å². The summed E-state index contributed by atoms with van der Waals surface area (Å²) in [6, 6.07) is 7.87. The Morgan fingerprint density at radius 3 is 2.92 bits per heavy atom. The molecule has 0 bridgehead atoms. The number of para-hydroxylation sites is 1. The van der Waals surface area contributed by atoms with Gasteiger partial charge in [-0.3, -0.25) is 4.79 Å². The van der Waals surface area contributed by atoms with Crippen molar-refractivity contribution in [1.29, 1.82) is 0 Å². The minimum absolute atomic E-state index is 0.0670. The van der Waals surface area contributed by atoms with Crippen molar-refractivity contribution in [2.24, 2.45) is 0 Å². The second-order valence-corrected chi connectivity index (χ2v) is 8.43. The SMILES string of the molecule is CCn1c(SC(C)C(=O)Nc2nc3ccccc3s2)nnc1C1CC1. The van der Waals surface area contributed by atoms with E-state index in [-0.39, 0.29) is 11.2 Å². The molecule has 0 radical (unpaired) electrons. The normalized spacial score (nSPS) is 15.4. The number of rotatable bonds is 6. The predicted octanol–water partition coefficient (Wildman–Crippen LogP) is 3.90. The number of thioether (sulfide) groups is 1. The average molecular weight is 374 g/mol. The number of nitrogens with one attached hydrogen (secondary N) is 1. The number of benzene rings is 1. The fourth-order valence-corrected chi connectivity index (χ4v) is 4.46. The number of amides is 1. The van der Waals surface area contributed by atoms with Crippen molar-refractivity contribution in [1.82, 2.24) is 19.7 Å². The highest BCUT2D eigenvalue weighted by molar-refractivity contribution is 8.00. The summed E-state index contributed by atoms with van der Waals surface area (Å²) in [6.07, 6.45) is 2.38. The van der Waals surface area contributed by atoms with Gasteiger partial charge >= 0.3 is 0 Å². The quantitative estimate of drug-likeness (QED) is 0.663. The Bertz CT molecular complexity index is 882. The van der Waals surface area contributed by atoms with Gasteiger partial charge in [0, 0.05) is 12.5 Å². The molecule has 1 aliphatic carbocycles. The molecule has 8 heteroatoms. The van der Waals surface area contributed by atoms with Crippen LogP contribution in [0.4, 0.5) is 5.13 Å². The van der Waals surface area contributed by atoms with E-state index in [1.807, 2.05) is 31.2 Å². The Balaban J connectivity index is 1.45. The second-order valence-electron chi connectivity index (χ2n) is 6.10. The molecular formula is C17H19N5OS2. The first-order valence-corrected chi connectivity index (χ1v) is 10.1. The Kier molecular flexibility index (Phi) is 4.47. The number of aromatic nitrogens is 4.